The number of hydrogen-bond donors (Lipinski definition) is 0. The Morgan fingerprint density at radius 3 is 2.63 bits per heavy atom. The smallest absolute Gasteiger partial charge is 0.144 e. The molecular formula is C31H33NO2Si. The fourth-order valence-corrected chi connectivity index (χ4v) is 6.09. The zero-order chi connectivity index (χ0) is 29.4. The molecule has 2 aromatic heterocycles. The minimum atomic E-state index is -2.43. The average Bonchev–Trinajstić information content (AvgIpc) is 3.31. The van der Waals surface area contributed by atoms with Crippen LogP contribution in [0.2, 0.25) is 19.6 Å². The van der Waals surface area contributed by atoms with Crippen LogP contribution in [0.4, 0.5) is 0 Å². The summed E-state index contributed by atoms with van der Waals surface area (Å²) >= 11 is 0. The van der Waals surface area contributed by atoms with Gasteiger partial charge in [0.25, 0.3) is 0 Å². The van der Waals surface area contributed by atoms with Crippen LogP contribution in [0.3, 0.4) is 0 Å². The molecule has 1 aliphatic heterocycles. The van der Waals surface area contributed by atoms with E-state index in [0.717, 1.165) is 21.5 Å². The van der Waals surface area contributed by atoms with E-state index >= 15 is 0 Å². The number of aryl methyl sites for hydroxylation is 1. The Morgan fingerprint density at radius 1 is 1.00 bits per heavy atom. The largest absolute Gasteiger partial charge is 0.455 e. The quantitative estimate of drug-likeness (QED) is 0.240. The molecule has 0 bridgehead atoms. The van der Waals surface area contributed by atoms with Gasteiger partial charge in [0.15, 0.2) is 0 Å². The maximum atomic E-state index is 9.27. The van der Waals surface area contributed by atoms with Gasteiger partial charge in [0, 0.05) is 57.4 Å². The van der Waals surface area contributed by atoms with Crippen molar-refractivity contribution in [3.63, 3.8) is 0 Å². The van der Waals surface area contributed by atoms with Gasteiger partial charge in [-0.1, -0.05) is 50.0 Å². The molecule has 0 amide bonds. The van der Waals surface area contributed by atoms with E-state index in [9.17, 15) is 1.37 Å². The number of furan rings is 1. The highest BCUT2D eigenvalue weighted by Gasteiger charge is 2.22. The normalized spacial score (nSPS) is 19.6. The van der Waals surface area contributed by atoms with Crippen molar-refractivity contribution >= 4 is 40.8 Å². The molecule has 3 nitrogen and oxygen atoms in total. The van der Waals surface area contributed by atoms with Crippen molar-refractivity contribution in [3.8, 4) is 11.3 Å². The molecular weight excluding hydrogens is 446 g/mol. The van der Waals surface area contributed by atoms with Gasteiger partial charge in [0.1, 0.15) is 11.2 Å². The highest BCUT2D eigenvalue weighted by Crippen LogP contribution is 2.40. The van der Waals surface area contributed by atoms with Crippen LogP contribution < -0.4 is 0 Å². The minimum absolute atomic E-state index is 0.0681. The number of pyridine rings is 1. The number of hydrogen-bond acceptors (Lipinski definition) is 3. The van der Waals surface area contributed by atoms with Crippen LogP contribution in [0, 0.1) is 6.85 Å². The van der Waals surface area contributed by atoms with E-state index in [2.05, 4.69) is 4.98 Å². The second-order valence-corrected chi connectivity index (χ2v) is 15.1. The molecule has 0 N–H and O–H groups in total. The van der Waals surface area contributed by atoms with Crippen molar-refractivity contribution in [2.75, 3.05) is 13.2 Å². The van der Waals surface area contributed by atoms with Crippen molar-refractivity contribution in [1.29, 1.82) is 0 Å². The van der Waals surface area contributed by atoms with E-state index in [-0.39, 0.29) is 5.56 Å². The molecule has 6 rings (SSSR count). The minimum Gasteiger partial charge on any atom is -0.455 e. The molecule has 178 valence electrons. The van der Waals surface area contributed by atoms with E-state index in [1.54, 1.807) is 6.07 Å². The molecule has 1 fully saturated rings. The highest BCUT2D eigenvalue weighted by molar-refractivity contribution is 6.75. The zero-order valence-corrected chi connectivity index (χ0v) is 21.4. The fourth-order valence-electron chi connectivity index (χ4n) is 5.08. The standard InChI is InChI=1S/C31H33NO2Si/c1-20-18-32-29(17-26(20)23-11-13-33-14-12-23)28-16-21(19-35(2,3)4)15-27-25-10-9-22-7-5-6-8-24(22)30(25)34-31(27)28/h5-10,15-18,23H,11-14,19H2,1-4H3/i1D3,19D2,23D. The molecule has 0 unspecified atom stereocenters. The Hall–Kier alpha value is -2.95. The van der Waals surface area contributed by atoms with Crippen LogP contribution in [0.5, 0.6) is 0 Å². The fraction of sp³-hybridized carbons (Fsp3) is 0.323. The predicted octanol–water partition coefficient (Wildman–Crippen LogP) is 8.42. The predicted molar refractivity (Wildman–Crippen MR) is 149 cm³/mol. The van der Waals surface area contributed by atoms with Gasteiger partial charge in [-0.2, -0.15) is 0 Å². The Labute approximate surface area is 216 Å². The third-order valence-corrected chi connectivity index (χ3v) is 7.68. The van der Waals surface area contributed by atoms with E-state index in [4.69, 9.17) is 16.0 Å². The van der Waals surface area contributed by atoms with Gasteiger partial charge in [-0.15, -0.1) is 0 Å². The number of rotatable bonds is 4. The first-order valence-electron chi connectivity index (χ1n) is 15.2. The number of fused-ring (bicyclic) bond motifs is 5. The second kappa shape index (κ2) is 8.61. The summed E-state index contributed by atoms with van der Waals surface area (Å²) < 4.78 is 64.2. The summed E-state index contributed by atoms with van der Waals surface area (Å²) in [5.74, 6) is -2.69. The number of aromatic nitrogens is 1. The maximum Gasteiger partial charge on any atom is 0.144 e. The first kappa shape index (κ1) is 16.7. The molecule has 0 atom stereocenters. The van der Waals surface area contributed by atoms with Gasteiger partial charge < -0.3 is 9.15 Å². The molecule has 3 heterocycles. The van der Waals surface area contributed by atoms with Gasteiger partial charge >= 0.3 is 0 Å². The molecule has 5 aromatic rings. The molecule has 0 radical (unpaired) electrons. The number of benzene rings is 3. The molecule has 1 saturated heterocycles. The average molecular weight is 486 g/mol. The third kappa shape index (κ3) is 4.19. The summed E-state index contributed by atoms with van der Waals surface area (Å²) in [6.07, 6.45) is 2.13. The van der Waals surface area contributed by atoms with Crippen LogP contribution in [0.15, 0.2) is 65.2 Å². The van der Waals surface area contributed by atoms with Crippen LogP contribution in [-0.4, -0.2) is 26.3 Å². The molecule has 35 heavy (non-hydrogen) atoms. The van der Waals surface area contributed by atoms with Crippen molar-refractivity contribution < 1.29 is 17.4 Å². The van der Waals surface area contributed by atoms with Crippen LogP contribution in [0.25, 0.3) is 44.0 Å². The van der Waals surface area contributed by atoms with Crippen molar-refractivity contribution in [3.05, 3.63) is 77.5 Å². The van der Waals surface area contributed by atoms with Gasteiger partial charge in [-0.05, 0) is 77.9 Å². The summed E-state index contributed by atoms with van der Waals surface area (Å²) in [7, 11) is -2.35. The first-order chi connectivity index (χ1) is 19.2. The topological polar surface area (TPSA) is 35.3 Å². The lowest BCUT2D eigenvalue weighted by atomic mass is 9.88. The van der Waals surface area contributed by atoms with E-state index in [1.807, 2.05) is 68.2 Å². The Bertz CT molecular complexity index is 1800. The van der Waals surface area contributed by atoms with Gasteiger partial charge in [0.05, 0.1) is 5.69 Å². The summed E-state index contributed by atoms with van der Waals surface area (Å²) in [5.41, 5.74) is 3.37. The Balaban J connectivity index is 1.69. The number of ether oxygens (including phenoxy) is 1. The van der Waals surface area contributed by atoms with Crippen molar-refractivity contribution in [1.82, 2.24) is 4.98 Å². The van der Waals surface area contributed by atoms with Crippen molar-refractivity contribution in [2.45, 2.75) is 51.2 Å². The molecule has 4 heteroatoms. The molecule has 0 spiro atoms. The summed E-state index contributed by atoms with van der Waals surface area (Å²) in [4.78, 5) is 4.62. The van der Waals surface area contributed by atoms with E-state index < -0.39 is 26.8 Å². The van der Waals surface area contributed by atoms with Crippen LogP contribution in [0.1, 0.15) is 43.7 Å². The Morgan fingerprint density at radius 2 is 1.83 bits per heavy atom. The van der Waals surface area contributed by atoms with Gasteiger partial charge in [-0.25, -0.2) is 0 Å². The van der Waals surface area contributed by atoms with E-state index in [1.165, 1.54) is 6.20 Å². The lowest BCUT2D eigenvalue weighted by molar-refractivity contribution is 0.0852. The third-order valence-electron chi connectivity index (χ3n) is 6.64. The first-order valence-corrected chi connectivity index (χ1v) is 15.7. The lowest BCUT2D eigenvalue weighted by Crippen LogP contribution is -2.23. The highest BCUT2D eigenvalue weighted by atomic mass is 28.3. The molecule has 1 aliphatic rings. The molecule has 3 aromatic carbocycles. The molecule has 0 saturated carbocycles. The summed E-state index contributed by atoms with van der Waals surface area (Å²) in [6, 6.07) is 17.5. The van der Waals surface area contributed by atoms with Crippen molar-refractivity contribution in [2.24, 2.45) is 0 Å². The Kier molecular flexibility index (Phi) is 4.10. The zero-order valence-electron chi connectivity index (χ0n) is 26.4. The molecule has 0 aliphatic carbocycles. The van der Waals surface area contributed by atoms with E-state index in [0.29, 0.717) is 59.6 Å². The van der Waals surface area contributed by atoms with Crippen LogP contribution >= 0.6 is 0 Å². The van der Waals surface area contributed by atoms with Gasteiger partial charge in [-0.3, -0.25) is 4.98 Å². The summed E-state index contributed by atoms with van der Waals surface area (Å²) in [5, 5.41) is 3.67. The summed E-state index contributed by atoms with van der Waals surface area (Å²) in [6.45, 7) is 4.36. The maximum absolute atomic E-state index is 9.27. The second-order valence-electron chi connectivity index (χ2n) is 10.4. The monoisotopic (exact) mass is 485 g/mol. The lowest BCUT2D eigenvalue weighted by Gasteiger charge is -2.24. The van der Waals surface area contributed by atoms with Crippen LogP contribution in [-0.2, 0) is 10.7 Å². The SMILES string of the molecule is [2H]C([2H])([2H])c1cnc(-c2cc(C([2H])([2H])[Si](C)(C)C)cc3c2oc2c4ccccc4ccc32)cc1C1([2H])CCOCC1. The number of nitrogens with zero attached hydrogens (tertiary/aromatic N) is 1. The van der Waals surface area contributed by atoms with Gasteiger partial charge in [0.2, 0.25) is 0 Å².